The van der Waals surface area contributed by atoms with E-state index in [0.29, 0.717) is 10.9 Å². The van der Waals surface area contributed by atoms with Crippen molar-refractivity contribution < 1.29 is 9.53 Å². The van der Waals surface area contributed by atoms with Gasteiger partial charge in [-0.25, -0.2) is 4.98 Å². The first-order valence-corrected chi connectivity index (χ1v) is 7.98. The Labute approximate surface area is 129 Å². The van der Waals surface area contributed by atoms with Crippen LogP contribution in [0.4, 0.5) is 5.13 Å². The highest BCUT2D eigenvalue weighted by molar-refractivity contribution is 9.10. The van der Waals surface area contributed by atoms with Gasteiger partial charge in [0.05, 0.1) is 5.69 Å². The predicted molar refractivity (Wildman–Crippen MR) is 82.4 cm³/mol. The van der Waals surface area contributed by atoms with E-state index in [1.807, 2.05) is 24.3 Å². The van der Waals surface area contributed by atoms with Crippen LogP contribution in [0.5, 0.6) is 5.75 Å². The number of anilines is 1. The van der Waals surface area contributed by atoms with Gasteiger partial charge >= 0.3 is 0 Å². The van der Waals surface area contributed by atoms with E-state index in [-0.39, 0.29) is 12.5 Å². The topological polar surface area (TPSA) is 51.2 Å². The molecule has 1 amide bonds. The molecule has 0 saturated carbocycles. The first-order valence-electron chi connectivity index (χ1n) is 6.37. The molecule has 2 aromatic rings. The first kappa shape index (κ1) is 13.6. The second-order valence-corrected chi connectivity index (χ2v) is 6.54. The molecule has 0 unspecified atom stereocenters. The third-order valence-corrected chi connectivity index (χ3v) is 4.57. The number of amides is 1. The van der Waals surface area contributed by atoms with Crippen molar-refractivity contribution in [1.29, 1.82) is 0 Å². The van der Waals surface area contributed by atoms with Crippen molar-refractivity contribution in [1.82, 2.24) is 4.98 Å². The summed E-state index contributed by atoms with van der Waals surface area (Å²) in [6, 6.07) is 7.41. The molecule has 1 aromatic carbocycles. The van der Waals surface area contributed by atoms with E-state index < -0.39 is 0 Å². The van der Waals surface area contributed by atoms with Gasteiger partial charge in [-0.05, 0) is 37.5 Å². The maximum atomic E-state index is 11.8. The Morgan fingerprint density at radius 1 is 1.45 bits per heavy atom. The van der Waals surface area contributed by atoms with Gasteiger partial charge < -0.3 is 4.74 Å². The summed E-state index contributed by atoms with van der Waals surface area (Å²) in [5.74, 6) is 0.480. The molecule has 0 radical (unpaired) electrons. The number of nitrogens with one attached hydrogen (secondary N) is 1. The lowest BCUT2D eigenvalue weighted by molar-refractivity contribution is -0.118. The Morgan fingerprint density at radius 2 is 2.35 bits per heavy atom. The maximum absolute atomic E-state index is 11.8. The fourth-order valence-electron chi connectivity index (χ4n) is 2.10. The van der Waals surface area contributed by atoms with Crippen LogP contribution in [-0.2, 0) is 17.6 Å². The van der Waals surface area contributed by atoms with Crippen LogP contribution >= 0.6 is 27.3 Å². The highest BCUT2D eigenvalue weighted by atomic mass is 79.9. The quantitative estimate of drug-likeness (QED) is 0.917. The van der Waals surface area contributed by atoms with E-state index in [2.05, 4.69) is 26.2 Å². The summed E-state index contributed by atoms with van der Waals surface area (Å²) < 4.78 is 6.36. The summed E-state index contributed by atoms with van der Waals surface area (Å²) in [7, 11) is 0. The molecule has 6 heteroatoms. The summed E-state index contributed by atoms with van der Waals surface area (Å²) in [5.41, 5.74) is 1.14. The van der Waals surface area contributed by atoms with E-state index in [1.165, 1.54) is 11.3 Å². The number of hydrogen-bond acceptors (Lipinski definition) is 4. The van der Waals surface area contributed by atoms with Crippen LogP contribution in [0.25, 0.3) is 0 Å². The standard InChI is InChI=1S/C14H13BrN2O2S/c15-9-3-1-4-10(7-9)19-8-13(18)17-14-16-11-5-2-6-12(11)20-14/h1,3-4,7H,2,5-6,8H2,(H,16,17,18). The molecule has 3 rings (SSSR count). The molecule has 0 bridgehead atoms. The van der Waals surface area contributed by atoms with Crippen LogP contribution in [0.3, 0.4) is 0 Å². The fraction of sp³-hybridized carbons (Fsp3) is 0.286. The molecule has 0 saturated heterocycles. The Kier molecular flexibility index (Phi) is 4.03. The van der Waals surface area contributed by atoms with Crippen molar-refractivity contribution in [3.8, 4) is 5.75 Å². The van der Waals surface area contributed by atoms with E-state index in [0.717, 1.165) is 23.0 Å². The van der Waals surface area contributed by atoms with Crippen molar-refractivity contribution in [2.45, 2.75) is 19.3 Å². The van der Waals surface area contributed by atoms with Crippen LogP contribution in [0.1, 0.15) is 17.0 Å². The number of ether oxygens (including phenoxy) is 1. The number of aryl methyl sites for hydroxylation is 2. The fourth-order valence-corrected chi connectivity index (χ4v) is 3.55. The Balaban J connectivity index is 1.54. The molecule has 104 valence electrons. The zero-order valence-electron chi connectivity index (χ0n) is 10.7. The lowest BCUT2D eigenvalue weighted by atomic mass is 10.3. The molecule has 0 atom stereocenters. The minimum Gasteiger partial charge on any atom is -0.484 e. The number of rotatable bonds is 4. The van der Waals surface area contributed by atoms with Gasteiger partial charge in [0.25, 0.3) is 5.91 Å². The second kappa shape index (κ2) is 5.93. The van der Waals surface area contributed by atoms with E-state index in [9.17, 15) is 4.79 Å². The number of hydrogen-bond donors (Lipinski definition) is 1. The molecule has 20 heavy (non-hydrogen) atoms. The van der Waals surface area contributed by atoms with Gasteiger partial charge in [-0.15, -0.1) is 11.3 Å². The average molecular weight is 353 g/mol. The van der Waals surface area contributed by atoms with Crippen molar-refractivity contribution in [2.24, 2.45) is 0 Å². The van der Waals surface area contributed by atoms with Crippen molar-refractivity contribution >= 4 is 38.3 Å². The highest BCUT2D eigenvalue weighted by Gasteiger charge is 2.17. The van der Waals surface area contributed by atoms with Crippen LogP contribution in [0, 0.1) is 0 Å². The lowest BCUT2D eigenvalue weighted by Gasteiger charge is -2.06. The van der Waals surface area contributed by atoms with Gasteiger partial charge in [-0.2, -0.15) is 0 Å². The van der Waals surface area contributed by atoms with Gasteiger partial charge in [0.15, 0.2) is 11.7 Å². The van der Waals surface area contributed by atoms with Gasteiger partial charge in [-0.1, -0.05) is 22.0 Å². The zero-order valence-corrected chi connectivity index (χ0v) is 13.1. The molecule has 1 heterocycles. The van der Waals surface area contributed by atoms with Gasteiger partial charge in [-0.3, -0.25) is 10.1 Å². The highest BCUT2D eigenvalue weighted by Crippen LogP contribution is 2.30. The van der Waals surface area contributed by atoms with E-state index >= 15 is 0 Å². The Hall–Kier alpha value is -1.40. The SMILES string of the molecule is O=C(COc1cccc(Br)c1)Nc1nc2c(s1)CCC2. The lowest BCUT2D eigenvalue weighted by Crippen LogP contribution is -2.20. The zero-order chi connectivity index (χ0) is 13.9. The minimum absolute atomic E-state index is 0.0132. The van der Waals surface area contributed by atoms with Gasteiger partial charge in [0.1, 0.15) is 5.75 Å². The number of nitrogens with zero attached hydrogens (tertiary/aromatic N) is 1. The number of carbonyl (C=O) groups is 1. The van der Waals surface area contributed by atoms with Gasteiger partial charge in [0.2, 0.25) is 0 Å². The molecule has 4 nitrogen and oxygen atoms in total. The molecule has 0 aliphatic heterocycles. The summed E-state index contributed by atoms with van der Waals surface area (Å²) in [5, 5.41) is 3.47. The summed E-state index contributed by atoms with van der Waals surface area (Å²) in [6.07, 6.45) is 3.28. The van der Waals surface area contributed by atoms with Crippen LogP contribution in [0.2, 0.25) is 0 Å². The van der Waals surface area contributed by atoms with Crippen molar-refractivity contribution in [3.05, 3.63) is 39.3 Å². The third kappa shape index (κ3) is 3.19. The summed E-state index contributed by atoms with van der Waals surface area (Å²) in [6.45, 7) is -0.0132. The summed E-state index contributed by atoms with van der Waals surface area (Å²) in [4.78, 5) is 17.5. The number of aromatic nitrogens is 1. The molecule has 1 aliphatic carbocycles. The number of carbonyl (C=O) groups excluding carboxylic acids is 1. The predicted octanol–water partition coefficient (Wildman–Crippen LogP) is 3.41. The van der Waals surface area contributed by atoms with Crippen molar-refractivity contribution in [3.63, 3.8) is 0 Å². The minimum atomic E-state index is -0.183. The largest absolute Gasteiger partial charge is 0.484 e. The number of fused-ring (bicyclic) bond motifs is 1. The van der Waals surface area contributed by atoms with Crippen molar-refractivity contribution in [2.75, 3.05) is 11.9 Å². The molecular weight excluding hydrogens is 340 g/mol. The molecule has 0 fully saturated rings. The number of halogens is 1. The summed E-state index contributed by atoms with van der Waals surface area (Å²) >= 11 is 4.93. The average Bonchev–Trinajstić information content (AvgIpc) is 2.97. The van der Waals surface area contributed by atoms with E-state index in [1.54, 1.807) is 11.3 Å². The normalized spacial score (nSPS) is 13.1. The molecule has 1 N–H and O–H groups in total. The maximum Gasteiger partial charge on any atom is 0.264 e. The molecule has 1 aliphatic rings. The first-order chi connectivity index (χ1) is 9.70. The monoisotopic (exact) mass is 352 g/mol. The van der Waals surface area contributed by atoms with Crippen LogP contribution in [0.15, 0.2) is 28.7 Å². The number of thiazole rings is 1. The Bertz CT molecular complexity index is 620. The van der Waals surface area contributed by atoms with Gasteiger partial charge in [0, 0.05) is 9.35 Å². The molecular formula is C14H13BrN2O2S. The smallest absolute Gasteiger partial charge is 0.264 e. The Morgan fingerprint density at radius 3 is 3.15 bits per heavy atom. The van der Waals surface area contributed by atoms with Crippen LogP contribution < -0.4 is 10.1 Å². The second-order valence-electron chi connectivity index (χ2n) is 4.54. The molecule has 0 spiro atoms. The number of benzene rings is 1. The molecule has 1 aromatic heterocycles. The third-order valence-electron chi connectivity index (χ3n) is 3.01. The van der Waals surface area contributed by atoms with E-state index in [4.69, 9.17) is 4.74 Å². The van der Waals surface area contributed by atoms with Crippen LogP contribution in [-0.4, -0.2) is 17.5 Å².